The molecule has 1 fully saturated rings. The van der Waals surface area contributed by atoms with Crippen LogP contribution in [0.1, 0.15) is 12.0 Å². The van der Waals surface area contributed by atoms with Gasteiger partial charge >= 0.3 is 0 Å². The Labute approximate surface area is 140 Å². The summed E-state index contributed by atoms with van der Waals surface area (Å²) in [4.78, 5) is 26.0. The molecule has 2 aromatic rings. The first-order valence-corrected chi connectivity index (χ1v) is 8.04. The maximum Gasteiger partial charge on any atom is 0.227 e. The number of aromatic hydroxyl groups is 1. The Morgan fingerprint density at radius 1 is 1.12 bits per heavy atom. The normalized spacial score (nSPS) is 17.1. The number of carbonyl (C=O) groups is 2. The predicted molar refractivity (Wildman–Crippen MR) is 91.7 cm³/mol. The van der Waals surface area contributed by atoms with E-state index in [0.717, 1.165) is 6.42 Å². The number of nitrogens with zero attached hydrogens (tertiary/aromatic N) is 1. The third kappa shape index (κ3) is 3.74. The maximum atomic E-state index is 12.3. The van der Waals surface area contributed by atoms with E-state index in [1.807, 2.05) is 30.3 Å². The molecule has 5 nitrogen and oxygen atoms in total. The number of rotatable bonds is 5. The van der Waals surface area contributed by atoms with E-state index in [2.05, 4.69) is 5.32 Å². The van der Waals surface area contributed by atoms with Crippen LogP contribution in [0, 0.1) is 5.92 Å². The number of anilines is 1. The van der Waals surface area contributed by atoms with Crippen molar-refractivity contribution in [2.24, 2.45) is 5.92 Å². The second-order valence-electron chi connectivity index (χ2n) is 5.95. The van der Waals surface area contributed by atoms with E-state index in [9.17, 15) is 14.7 Å². The molecular formula is C19H20N2O3. The highest BCUT2D eigenvalue weighted by atomic mass is 16.3. The van der Waals surface area contributed by atoms with E-state index in [1.54, 1.807) is 17.0 Å². The summed E-state index contributed by atoms with van der Waals surface area (Å²) in [7, 11) is 0. The van der Waals surface area contributed by atoms with Crippen LogP contribution in [0.3, 0.4) is 0 Å². The number of carbonyl (C=O) groups excluding carboxylic acids is 2. The molecule has 124 valence electrons. The van der Waals surface area contributed by atoms with Crippen molar-refractivity contribution in [3.05, 3.63) is 60.2 Å². The zero-order valence-corrected chi connectivity index (χ0v) is 13.3. The third-order valence-electron chi connectivity index (χ3n) is 4.21. The zero-order valence-electron chi connectivity index (χ0n) is 13.3. The Hall–Kier alpha value is -2.82. The van der Waals surface area contributed by atoms with E-state index < -0.39 is 0 Å². The van der Waals surface area contributed by atoms with E-state index in [-0.39, 0.29) is 29.9 Å². The van der Waals surface area contributed by atoms with Crippen LogP contribution >= 0.6 is 0 Å². The molecule has 1 heterocycles. The number of hydrogen-bond donors (Lipinski definition) is 2. The van der Waals surface area contributed by atoms with Gasteiger partial charge < -0.3 is 15.3 Å². The van der Waals surface area contributed by atoms with Crippen LogP contribution in [-0.2, 0) is 16.0 Å². The number of benzene rings is 2. The van der Waals surface area contributed by atoms with Crippen LogP contribution in [0.4, 0.5) is 5.69 Å². The summed E-state index contributed by atoms with van der Waals surface area (Å²) in [6, 6.07) is 16.4. The monoisotopic (exact) mass is 324 g/mol. The molecule has 1 aliphatic heterocycles. The van der Waals surface area contributed by atoms with Gasteiger partial charge in [-0.05, 0) is 36.2 Å². The van der Waals surface area contributed by atoms with Crippen molar-refractivity contribution in [3.8, 4) is 5.75 Å². The summed E-state index contributed by atoms with van der Waals surface area (Å²) in [5.41, 5.74) is 1.88. The molecular weight excluding hydrogens is 304 g/mol. The average molecular weight is 324 g/mol. The van der Waals surface area contributed by atoms with Gasteiger partial charge in [0.1, 0.15) is 5.75 Å². The number of nitrogens with one attached hydrogen (secondary N) is 1. The minimum atomic E-state index is -0.331. The molecule has 0 aliphatic carbocycles. The summed E-state index contributed by atoms with van der Waals surface area (Å²) >= 11 is 0. The molecule has 5 heteroatoms. The lowest BCUT2D eigenvalue weighted by Crippen LogP contribution is -2.34. The second-order valence-corrected chi connectivity index (χ2v) is 5.95. The van der Waals surface area contributed by atoms with Crippen molar-refractivity contribution in [3.63, 3.8) is 0 Å². The molecule has 0 unspecified atom stereocenters. The lowest BCUT2D eigenvalue weighted by molar-refractivity contribution is -0.126. The smallest absolute Gasteiger partial charge is 0.227 e. The van der Waals surface area contributed by atoms with E-state index in [0.29, 0.717) is 18.8 Å². The number of phenols is 1. The molecule has 0 radical (unpaired) electrons. The summed E-state index contributed by atoms with van der Waals surface area (Å²) in [6.45, 7) is 0.938. The molecule has 0 saturated carbocycles. The fraction of sp³-hybridized carbons (Fsp3) is 0.263. The fourth-order valence-electron chi connectivity index (χ4n) is 2.88. The van der Waals surface area contributed by atoms with Gasteiger partial charge in [0.2, 0.25) is 11.8 Å². The Morgan fingerprint density at radius 3 is 2.54 bits per heavy atom. The molecule has 0 spiro atoms. The SMILES string of the molecule is O=C(NCCc1ccccc1)[C@H]1CC(=O)N(c2ccc(O)cc2)C1. The maximum absolute atomic E-state index is 12.3. The van der Waals surface area contributed by atoms with Crippen molar-refractivity contribution >= 4 is 17.5 Å². The first kappa shape index (κ1) is 16.1. The van der Waals surface area contributed by atoms with Crippen molar-refractivity contribution < 1.29 is 14.7 Å². The van der Waals surface area contributed by atoms with E-state index in [4.69, 9.17) is 0 Å². The van der Waals surface area contributed by atoms with Gasteiger partial charge in [0, 0.05) is 25.2 Å². The van der Waals surface area contributed by atoms with Crippen LogP contribution < -0.4 is 10.2 Å². The van der Waals surface area contributed by atoms with E-state index >= 15 is 0 Å². The van der Waals surface area contributed by atoms with Crippen molar-refractivity contribution in [2.45, 2.75) is 12.8 Å². The fourth-order valence-corrected chi connectivity index (χ4v) is 2.88. The Bertz CT molecular complexity index is 713. The van der Waals surface area contributed by atoms with Gasteiger partial charge in [0.15, 0.2) is 0 Å². The number of hydrogen-bond acceptors (Lipinski definition) is 3. The molecule has 1 atom stereocenters. The van der Waals surface area contributed by atoms with Crippen molar-refractivity contribution in [1.82, 2.24) is 5.32 Å². The number of amides is 2. The summed E-state index contributed by atoms with van der Waals surface area (Å²) in [5, 5.41) is 12.2. The Balaban J connectivity index is 1.53. The van der Waals surface area contributed by atoms with Crippen LogP contribution in [0.15, 0.2) is 54.6 Å². The lowest BCUT2D eigenvalue weighted by atomic mass is 10.1. The summed E-state index contributed by atoms with van der Waals surface area (Å²) in [5.74, 6) is -0.327. The van der Waals surface area contributed by atoms with Crippen LogP contribution in [0.25, 0.3) is 0 Å². The molecule has 2 N–H and O–H groups in total. The molecule has 0 aromatic heterocycles. The van der Waals surface area contributed by atoms with Crippen LogP contribution in [0.2, 0.25) is 0 Å². The first-order valence-electron chi connectivity index (χ1n) is 8.04. The molecule has 2 amide bonds. The molecule has 2 aromatic carbocycles. The van der Waals surface area contributed by atoms with Gasteiger partial charge in [0.05, 0.1) is 5.92 Å². The Morgan fingerprint density at radius 2 is 1.83 bits per heavy atom. The average Bonchev–Trinajstić information content (AvgIpc) is 2.98. The van der Waals surface area contributed by atoms with Gasteiger partial charge in [-0.2, -0.15) is 0 Å². The van der Waals surface area contributed by atoms with Crippen LogP contribution in [-0.4, -0.2) is 30.0 Å². The minimum absolute atomic E-state index is 0.0658. The standard InChI is InChI=1S/C19H20N2O3/c22-17-8-6-16(7-9-17)21-13-15(12-18(21)23)19(24)20-11-10-14-4-2-1-3-5-14/h1-9,15,22H,10-13H2,(H,20,24)/t15-/m0/s1. The Kier molecular flexibility index (Phi) is 4.79. The molecule has 24 heavy (non-hydrogen) atoms. The van der Waals surface area contributed by atoms with Gasteiger partial charge in [-0.1, -0.05) is 30.3 Å². The predicted octanol–water partition coefficient (Wildman–Crippen LogP) is 2.10. The molecule has 3 rings (SSSR count). The highest BCUT2D eigenvalue weighted by molar-refractivity contribution is 6.00. The van der Waals surface area contributed by atoms with Crippen molar-refractivity contribution in [2.75, 3.05) is 18.0 Å². The zero-order chi connectivity index (χ0) is 16.9. The van der Waals surface area contributed by atoms with Gasteiger partial charge in [-0.25, -0.2) is 0 Å². The highest BCUT2D eigenvalue weighted by Gasteiger charge is 2.34. The second kappa shape index (κ2) is 7.17. The largest absolute Gasteiger partial charge is 0.508 e. The summed E-state index contributed by atoms with van der Waals surface area (Å²) < 4.78 is 0. The minimum Gasteiger partial charge on any atom is -0.508 e. The molecule has 0 bridgehead atoms. The third-order valence-corrected chi connectivity index (χ3v) is 4.21. The first-order chi connectivity index (χ1) is 11.6. The molecule has 1 aliphatic rings. The van der Waals surface area contributed by atoms with Crippen molar-refractivity contribution in [1.29, 1.82) is 0 Å². The van der Waals surface area contributed by atoms with Gasteiger partial charge in [0.25, 0.3) is 0 Å². The quantitative estimate of drug-likeness (QED) is 0.885. The van der Waals surface area contributed by atoms with Gasteiger partial charge in [-0.3, -0.25) is 9.59 Å². The summed E-state index contributed by atoms with van der Waals surface area (Å²) in [6.07, 6.45) is 0.993. The van der Waals surface area contributed by atoms with E-state index in [1.165, 1.54) is 17.7 Å². The van der Waals surface area contributed by atoms with Gasteiger partial charge in [-0.15, -0.1) is 0 Å². The highest BCUT2D eigenvalue weighted by Crippen LogP contribution is 2.26. The topological polar surface area (TPSA) is 69.6 Å². The lowest BCUT2D eigenvalue weighted by Gasteiger charge is -2.16. The number of phenolic OH excluding ortho intramolecular Hbond substituents is 1. The molecule has 1 saturated heterocycles. The van der Waals surface area contributed by atoms with Crippen LogP contribution in [0.5, 0.6) is 5.75 Å².